The van der Waals surface area contributed by atoms with Crippen molar-refractivity contribution >= 4 is 34.7 Å². The zero-order chi connectivity index (χ0) is 32.5. The van der Waals surface area contributed by atoms with Gasteiger partial charge in [-0.25, -0.2) is 4.79 Å². The molecule has 0 aliphatic heterocycles. The molecule has 46 heavy (non-hydrogen) atoms. The summed E-state index contributed by atoms with van der Waals surface area (Å²) in [5, 5.41) is 22.9. The van der Waals surface area contributed by atoms with E-state index in [-0.39, 0.29) is 25.5 Å². The third-order valence-corrected chi connectivity index (χ3v) is 7.87. The quantitative estimate of drug-likeness (QED) is 0.126. The van der Waals surface area contributed by atoms with Gasteiger partial charge in [-0.3, -0.25) is 14.4 Å². The van der Waals surface area contributed by atoms with Crippen molar-refractivity contribution < 1.29 is 29.0 Å². The molecule has 1 heterocycles. The number of carbonyl (C=O) groups is 4. The highest BCUT2D eigenvalue weighted by Crippen LogP contribution is 2.21. The van der Waals surface area contributed by atoms with Gasteiger partial charge in [0.05, 0.1) is 6.04 Å². The maximum absolute atomic E-state index is 13.9. The highest BCUT2D eigenvalue weighted by molar-refractivity contribution is 5.93. The number of H-pyrrole nitrogens is 1. The number of hydrogen-bond donors (Lipinski definition) is 6. The Balaban J connectivity index is 1.31. The van der Waals surface area contributed by atoms with Crippen molar-refractivity contribution in [3.05, 3.63) is 108 Å². The van der Waals surface area contributed by atoms with E-state index in [2.05, 4.69) is 26.3 Å². The lowest BCUT2D eigenvalue weighted by Crippen LogP contribution is -2.58. The molecular formula is C35H39N5O6. The molecule has 1 aliphatic carbocycles. The van der Waals surface area contributed by atoms with Crippen molar-refractivity contribution in [2.45, 2.75) is 69.5 Å². The summed E-state index contributed by atoms with van der Waals surface area (Å²) in [4.78, 5) is 55.7. The summed E-state index contributed by atoms with van der Waals surface area (Å²) >= 11 is 0. The van der Waals surface area contributed by atoms with Crippen molar-refractivity contribution in [1.29, 1.82) is 0 Å². The van der Waals surface area contributed by atoms with Crippen LogP contribution in [0.15, 0.2) is 91.1 Å². The van der Waals surface area contributed by atoms with Crippen molar-refractivity contribution in [1.82, 2.24) is 26.3 Å². The zero-order valence-corrected chi connectivity index (χ0v) is 25.6. The largest absolute Gasteiger partial charge is 0.445 e. The number of aliphatic hydroxyl groups is 1. The van der Waals surface area contributed by atoms with Gasteiger partial charge >= 0.3 is 6.09 Å². The number of fused-ring (bicyclic) bond motifs is 1. The summed E-state index contributed by atoms with van der Waals surface area (Å²) in [5.74, 6) is -1.76. The molecule has 11 nitrogen and oxygen atoms in total. The number of carbonyl (C=O) groups excluding carboxylic acids is 4. The Bertz CT molecular complexity index is 1640. The summed E-state index contributed by atoms with van der Waals surface area (Å²) in [6.45, 7) is 1.52. The van der Waals surface area contributed by atoms with E-state index in [9.17, 15) is 24.3 Å². The minimum absolute atomic E-state index is 0.0255. The Labute approximate surface area is 267 Å². The number of aromatic nitrogens is 1. The van der Waals surface area contributed by atoms with Crippen LogP contribution in [-0.2, 0) is 38.6 Å². The Hall–Kier alpha value is -5.16. The van der Waals surface area contributed by atoms with Gasteiger partial charge in [0.2, 0.25) is 11.8 Å². The van der Waals surface area contributed by atoms with E-state index >= 15 is 0 Å². The molecule has 5 rings (SSSR count). The van der Waals surface area contributed by atoms with E-state index in [1.54, 1.807) is 6.20 Å². The smallest absolute Gasteiger partial charge is 0.408 e. The molecule has 0 spiro atoms. The second-order valence-electron chi connectivity index (χ2n) is 11.6. The summed E-state index contributed by atoms with van der Waals surface area (Å²) < 4.78 is 5.25. The fraction of sp³-hybridized carbons (Fsp3) is 0.314. The fourth-order valence-corrected chi connectivity index (χ4v) is 5.12. The molecule has 1 saturated carbocycles. The molecule has 0 radical (unpaired) electrons. The summed E-state index contributed by atoms with van der Waals surface area (Å²) in [6.07, 6.45) is 1.46. The number of alkyl carbamates (subject to hydrolysis) is 1. The van der Waals surface area contributed by atoms with E-state index < -0.39 is 48.0 Å². The maximum atomic E-state index is 13.9. The van der Waals surface area contributed by atoms with E-state index in [1.807, 2.05) is 84.9 Å². The first-order valence-electron chi connectivity index (χ1n) is 15.4. The van der Waals surface area contributed by atoms with Crippen molar-refractivity contribution in [3.8, 4) is 0 Å². The van der Waals surface area contributed by atoms with Crippen LogP contribution in [-0.4, -0.2) is 64.2 Å². The molecule has 0 saturated heterocycles. The predicted octanol–water partition coefficient (Wildman–Crippen LogP) is 2.88. The first-order chi connectivity index (χ1) is 22.3. The molecule has 1 fully saturated rings. The van der Waals surface area contributed by atoms with Crippen LogP contribution in [0.1, 0.15) is 36.5 Å². The lowest BCUT2D eigenvalue weighted by molar-refractivity contribution is -0.134. The van der Waals surface area contributed by atoms with Gasteiger partial charge in [0, 0.05) is 29.6 Å². The second kappa shape index (κ2) is 15.2. The number of nitrogens with one attached hydrogen (secondary N) is 5. The number of aliphatic hydroxyl groups excluding tert-OH is 1. The van der Waals surface area contributed by atoms with Crippen molar-refractivity contribution in [2.75, 3.05) is 0 Å². The molecule has 1 aliphatic rings. The van der Waals surface area contributed by atoms with Crippen molar-refractivity contribution in [3.63, 3.8) is 0 Å². The number of para-hydroxylation sites is 1. The van der Waals surface area contributed by atoms with Crippen LogP contribution >= 0.6 is 0 Å². The maximum Gasteiger partial charge on any atom is 0.408 e. The Kier molecular flexibility index (Phi) is 10.7. The van der Waals surface area contributed by atoms with Crippen LogP contribution in [0.5, 0.6) is 0 Å². The molecular weight excluding hydrogens is 586 g/mol. The Morgan fingerprint density at radius 2 is 1.46 bits per heavy atom. The Morgan fingerprint density at radius 3 is 2.15 bits per heavy atom. The SMILES string of the molecule is C[C@H](NC(=O)OCc1ccccc1)C(=O)N[C@@H](Cc1c[nH]c2ccccc12)C(=O)NC(Cc1ccccc1)C(O)C(=O)NC1CC1. The number of ether oxygens (including phenoxy) is 1. The average molecular weight is 626 g/mol. The van der Waals surface area contributed by atoms with Crippen LogP contribution in [0.25, 0.3) is 10.9 Å². The van der Waals surface area contributed by atoms with Crippen LogP contribution in [0.2, 0.25) is 0 Å². The fourth-order valence-electron chi connectivity index (χ4n) is 5.12. The number of amides is 4. The van der Waals surface area contributed by atoms with E-state index in [4.69, 9.17) is 4.74 Å². The van der Waals surface area contributed by atoms with Gasteiger partial charge in [-0.2, -0.15) is 0 Å². The van der Waals surface area contributed by atoms with Gasteiger partial charge in [-0.05, 0) is 48.9 Å². The monoisotopic (exact) mass is 625 g/mol. The van der Waals surface area contributed by atoms with Crippen LogP contribution in [0.4, 0.5) is 4.79 Å². The third-order valence-electron chi connectivity index (χ3n) is 7.87. The summed E-state index contributed by atoms with van der Waals surface area (Å²) in [5.41, 5.74) is 3.26. The number of hydrogen-bond acceptors (Lipinski definition) is 6. The van der Waals surface area contributed by atoms with Gasteiger partial charge < -0.3 is 36.1 Å². The van der Waals surface area contributed by atoms with Crippen LogP contribution < -0.4 is 21.3 Å². The molecule has 4 amide bonds. The molecule has 1 aromatic heterocycles. The molecule has 6 N–H and O–H groups in total. The first kappa shape index (κ1) is 32.2. The van der Waals surface area contributed by atoms with Gasteiger partial charge in [0.25, 0.3) is 5.91 Å². The zero-order valence-electron chi connectivity index (χ0n) is 25.6. The predicted molar refractivity (Wildman–Crippen MR) is 172 cm³/mol. The van der Waals surface area contributed by atoms with Crippen LogP contribution in [0.3, 0.4) is 0 Å². The van der Waals surface area contributed by atoms with Gasteiger partial charge in [0.1, 0.15) is 18.7 Å². The average Bonchev–Trinajstić information content (AvgIpc) is 3.80. The second-order valence-corrected chi connectivity index (χ2v) is 11.6. The lowest BCUT2D eigenvalue weighted by atomic mass is 9.98. The van der Waals surface area contributed by atoms with E-state index in [0.717, 1.165) is 40.4 Å². The van der Waals surface area contributed by atoms with Gasteiger partial charge in [-0.1, -0.05) is 78.9 Å². The molecule has 3 aromatic carbocycles. The lowest BCUT2D eigenvalue weighted by Gasteiger charge is -2.27. The molecule has 0 bridgehead atoms. The van der Waals surface area contributed by atoms with Crippen LogP contribution in [0, 0.1) is 0 Å². The molecule has 11 heteroatoms. The normalized spacial score (nSPS) is 15.2. The number of rotatable bonds is 14. The molecule has 4 aromatic rings. The molecule has 2 unspecified atom stereocenters. The highest BCUT2D eigenvalue weighted by atomic mass is 16.5. The minimum Gasteiger partial charge on any atom is -0.445 e. The van der Waals surface area contributed by atoms with Crippen molar-refractivity contribution in [2.24, 2.45) is 0 Å². The summed E-state index contributed by atoms with van der Waals surface area (Å²) in [6, 6.07) is 22.9. The first-order valence-corrected chi connectivity index (χ1v) is 15.4. The van der Waals surface area contributed by atoms with E-state index in [1.165, 1.54) is 6.92 Å². The highest BCUT2D eigenvalue weighted by Gasteiger charge is 2.34. The third kappa shape index (κ3) is 8.95. The minimum atomic E-state index is -1.52. The summed E-state index contributed by atoms with van der Waals surface area (Å²) in [7, 11) is 0. The number of aromatic amines is 1. The van der Waals surface area contributed by atoms with E-state index in [0.29, 0.717) is 0 Å². The topological polar surface area (TPSA) is 162 Å². The molecule has 240 valence electrons. The van der Waals surface area contributed by atoms with Gasteiger partial charge in [0.15, 0.2) is 6.10 Å². The standard InChI is InChI=1S/C35H39N5O6/c1-22(37-35(45)46-21-24-12-6-3-7-13-24)32(42)40-30(19-25-20-36-28-15-9-8-14-27(25)28)33(43)39-29(18-23-10-4-2-5-11-23)31(41)34(44)38-26-16-17-26/h2-15,20,22,26,29-31,36,41H,16-19,21H2,1H3,(H,37,45)(H,38,44)(H,39,43)(H,40,42)/t22-,29?,30-,31?/m0/s1. The molecule has 4 atom stereocenters. The number of benzene rings is 3. The Morgan fingerprint density at radius 1 is 0.804 bits per heavy atom. The van der Waals surface area contributed by atoms with Gasteiger partial charge in [-0.15, -0.1) is 0 Å².